The van der Waals surface area contributed by atoms with Crippen molar-refractivity contribution in [2.24, 2.45) is 5.73 Å². The van der Waals surface area contributed by atoms with Gasteiger partial charge in [-0.1, -0.05) is 0 Å². The van der Waals surface area contributed by atoms with E-state index in [0.29, 0.717) is 0 Å². The van der Waals surface area contributed by atoms with Gasteiger partial charge in [0, 0.05) is 13.2 Å². The summed E-state index contributed by atoms with van der Waals surface area (Å²) in [6.45, 7) is 1.49. The van der Waals surface area contributed by atoms with Gasteiger partial charge < -0.3 is 5.73 Å². The molecule has 0 aromatic heterocycles. The number of nitrogens with zero attached hydrogens (tertiary/aromatic N) is 1. The Labute approximate surface area is 54.0 Å². The summed E-state index contributed by atoms with van der Waals surface area (Å²) in [5.74, 6) is -0.264. The first-order chi connectivity index (χ1) is 4.20. The Kier molecular flexibility index (Phi) is 1.68. The summed E-state index contributed by atoms with van der Waals surface area (Å²) in [6, 6.07) is -0.144. The maximum absolute atomic E-state index is 10.5. The molecule has 1 amide bonds. The Morgan fingerprint density at radius 1 is 1.89 bits per heavy atom. The molecule has 52 valence electrons. The number of hydrogen-bond donors (Lipinski definition) is 2. The van der Waals surface area contributed by atoms with E-state index < -0.39 is 0 Å². The van der Waals surface area contributed by atoms with Gasteiger partial charge in [-0.2, -0.15) is 0 Å². The summed E-state index contributed by atoms with van der Waals surface area (Å²) >= 11 is 0. The molecule has 4 nitrogen and oxygen atoms in total. The molecule has 0 spiro atoms. The normalized spacial score (nSPS) is 28.8. The summed E-state index contributed by atoms with van der Waals surface area (Å²) in [4.78, 5) is 12.5. The van der Waals surface area contributed by atoms with Crippen LogP contribution in [-0.2, 0) is 4.79 Å². The number of rotatable bonds is 1. The lowest BCUT2D eigenvalue weighted by Crippen LogP contribution is -2.38. The van der Waals surface area contributed by atoms with E-state index in [1.54, 1.807) is 0 Å². The first kappa shape index (κ1) is 6.51. The number of amides is 1. The maximum Gasteiger partial charge on any atom is 0.235 e. The highest BCUT2D eigenvalue weighted by atomic mass is 16.1. The van der Waals surface area contributed by atoms with Gasteiger partial charge in [-0.15, -0.1) is 0 Å². The molecule has 0 aliphatic carbocycles. The van der Waals surface area contributed by atoms with Gasteiger partial charge in [-0.25, -0.2) is 0 Å². The van der Waals surface area contributed by atoms with Crippen molar-refractivity contribution >= 4 is 5.91 Å². The van der Waals surface area contributed by atoms with Crippen molar-refractivity contribution in [2.75, 3.05) is 20.3 Å². The number of carbonyl (C=O) groups is 1. The standard InChI is InChI=1S/C5H11N3O/c1-8-2-4(5(6)9)7-3-8/h4,7H,2-3H2,1H3,(H2,6,9). The number of carbonyl (C=O) groups excluding carboxylic acids is 1. The van der Waals surface area contributed by atoms with Gasteiger partial charge >= 0.3 is 0 Å². The Morgan fingerprint density at radius 3 is 2.78 bits per heavy atom. The third-order valence-electron chi connectivity index (χ3n) is 1.45. The largest absolute Gasteiger partial charge is 0.368 e. The van der Waals surface area contributed by atoms with Crippen molar-refractivity contribution in [3.05, 3.63) is 0 Å². The Morgan fingerprint density at radius 2 is 2.56 bits per heavy atom. The Balaban J connectivity index is 2.39. The molecular formula is C5H11N3O. The van der Waals surface area contributed by atoms with Gasteiger partial charge in [0.25, 0.3) is 0 Å². The van der Waals surface area contributed by atoms with E-state index in [-0.39, 0.29) is 11.9 Å². The molecule has 9 heavy (non-hydrogen) atoms. The molecule has 4 heteroatoms. The number of primary amides is 1. The zero-order chi connectivity index (χ0) is 6.85. The van der Waals surface area contributed by atoms with Crippen LogP contribution in [0.1, 0.15) is 0 Å². The fourth-order valence-corrected chi connectivity index (χ4v) is 0.897. The quantitative estimate of drug-likeness (QED) is 0.445. The molecule has 1 atom stereocenters. The van der Waals surface area contributed by atoms with Crippen LogP contribution in [0.15, 0.2) is 0 Å². The fourth-order valence-electron chi connectivity index (χ4n) is 0.897. The zero-order valence-electron chi connectivity index (χ0n) is 5.42. The summed E-state index contributed by atoms with van der Waals surface area (Å²) in [5, 5.41) is 2.96. The van der Waals surface area contributed by atoms with E-state index in [4.69, 9.17) is 5.73 Å². The molecule has 1 saturated heterocycles. The molecule has 1 rings (SSSR count). The number of nitrogens with two attached hydrogens (primary N) is 1. The minimum Gasteiger partial charge on any atom is -0.368 e. The van der Waals surface area contributed by atoms with Crippen LogP contribution in [0.3, 0.4) is 0 Å². The summed E-state index contributed by atoms with van der Waals surface area (Å²) in [7, 11) is 1.94. The van der Waals surface area contributed by atoms with Crippen molar-refractivity contribution in [3.63, 3.8) is 0 Å². The monoisotopic (exact) mass is 129 g/mol. The third-order valence-corrected chi connectivity index (χ3v) is 1.45. The van der Waals surface area contributed by atoms with Crippen molar-refractivity contribution in [1.82, 2.24) is 10.2 Å². The number of nitrogens with one attached hydrogen (secondary N) is 1. The molecule has 1 fully saturated rings. The smallest absolute Gasteiger partial charge is 0.235 e. The highest BCUT2D eigenvalue weighted by Gasteiger charge is 2.22. The summed E-state index contributed by atoms with van der Waals surface area (Å²) in [6.07, 6.45) is 0. The van der Waals surface area contributed by atoms with Gasteiger partial charge in [0.2, 0.25) is 5.91 Å². The molecule has 0 radical (unpaired) electrons. The average molecular weight is 129 g/mol. The lowest BCUT2D eigenvalue weighted by molar-refractivity contribution is -0.119. The predicted octanol–water partition coefficient (Wildman–Crippen LogP) is -1.67. The van der Waals surface area contributed by atoms with Crippen LogP contribution in [-0.4, -0.2) is 37.1 Å². The van der Waals surface area contributed by atoms with Crippen LogP contribution < -0.4 is 11.1 Å². The zero-order valence-corrected chi connectivity index (χ0v) is 5.42. The minimum atomic E-state index is -0.264. The second-order valence-corrected chi connectivity index (χ2v) is 2.36. The van der Waals surface area contributed by atoms with Gasteiger partial charge in [-0.3, -0.25) is 15.0 Å². The molecule has 1 aliphatic heterocycles. The van der Waals surface area contributed by atoms with E-state index in [0.717, 1.165) is 13.2 Å². The molecule has 0 saturated carbocycles. The first-order valence-electron chi connectivity index (χ1n) is 2.91. The van der Waals surface area contributed by atoms with E-state index in [1.807, 2.05) is 11.9 Å². The molecule has 3 N–H and O–H groups in total. The second kappa shape index (κ2) is 2.33. The van der Waals surface area contributed by atoms with Crippen LogP contribution in [0.25, 0.3) is 0 Å². The maximum atomic E-state index is 10.5. The summed E-state index contributed by atoms with van der Waals surface area (Å²) in [5.41, 5.74) is 5.03. The number of likely N-dealkylation sites (N-methyl/N-ethyl adjacent to an activating group) is 1. The lowest BCUT2D eigenvalue weighted by Gasteiger charge is -2.03. The van der Waals surface area contributed by atoms with E-state index >= 15 is 0 Å². The first-order valence-corrected chi connectivity index (χ1v) is 2.91. The van der Waals surface area contributed by atoms with E-state index in [9.17, 15) is 4.79 Å². The average Bonchev–Trinajstić information content (AvgIpc) is 2.14. The Hall–Kier alpha value is -0.610. The van der Waals surface area contributed by atoms with Gasteiger partial charge in [0.15, 0.2) is 0 Å². The van der Waals surface area contributed by atoms with Crippen LogP contribution >= 0.6 is 0 Å². The van der Waals surface area contributed by atoms with Crippen molar-refractivity contribution in [3.8, 4) is 0 Å². The summed E-state index contributed by atoms with van der Waals surface area (Å²) < 4.78 is 0. The molecule has 1 aliphatic rings. The highest BCUT2D eigenvalue weighted by molar-refractivity contribution is 5.80. The van der Waals surface area contributed by atoms with Gasteiger partial charge in [0.1, 0.15) is 6.04 Å². The third kappa shape index (κ3) is 1.40. The molecule has 1 unspecified atom stereocenters. The predicted molar refractivity (Wildman–Crippen MR) is 33.6 cm³/mol. The van der Waals surface area contributed by atoms with Crippen LogP contribution in [0, 0.1) is 0 Å². The molecule has 0 aromatic carbocycles. The molecular weight excluding hydrogens is 118 g/mol. The van der Waals surface area contributed by atoms with Crippen LogP contribution in [0.4, 0.5) is 0 Å². The second-order valence-electron chi connectivity index (χ2n) is 2.36. The van der Waals surface area contributed by atoms with Crippen LogP contribution in [0.5, 0.6) is 0 Å². The van der Waals surface area contributed by atoms with Gasteiger partial charge in [0.05, 0.1) is 0 Å². The SMILES string of the molecule is CN1CNC(C(N)=O)C1. The van der Waals surface area contributed by atoms with E-state index in [2.05, 4.69) is 5.32 Å². The molecule has 0 aromatic rings. The lowest BCUT2D eigenvalue weighted by atomic mass is 10.3. The topological polar surface area (TPSA) is 58.4 Å². The van der Waals surface area contributed by atoms with Gasteiger partial charge in [-0.05, 0) is 7.05 Å². The molecule has 1 heterocycles. The van der Waals surface area contributed by atoms with Crippen LogP contribution in [0.2, 0.25) is 0 Å². The number of hydrogen-bond acceptors (Lipinski definition) is 3. The Bertz CT molecular complexity index is 125. The fraction of sp³-hybridized carbons (Fsp3) is 0.800. The van der Waals surface area contributed by atoms with Crippen molar-refractivity contribution in [2.45, 2.75) is 6.04 Å². The van der Waals surface area contributed by atoms with E-state index in [1.165, 1.54) is 0 Å². The van der Waals surface area contributed by atoms with Crippen molar-refractivity contribution in [1.29, 1.82) is 0 Å². The highest BCUT2D eigenvalue weighted by Crippen LogP contribution is 1.94. The van der Waals surface area contributed by atoms with Crippen molar-refractivity contribution < 1.29 is 4.79 Å². The minimum absolute atomic E-state index is 0.144. The molecule has 0 bridgehead atoms.